The van der Waals surface area contributed by atoms with Gasteiger partial charge >= 0.3 is 0 Å². The Hall–Kier alpha value is -1.67. The number of allylic oxidation sites excluding steroid dienone is 6. The maximum absolute atomic E-state index is 13.1. The van der Waals surface area contributed by atoms with Crippen molar-refractivity contribution in [3.63, 3.8) is 0 Å². The molecule has 8 N–H and O–H groups in total. The fourth-order valence-electron chi connectivity index (χ4n) is 7.01. The van der Waals surface area contributed by atoms with Gasteiger partial charge in [0.25, 0.3) is 0 Å². The van der Waals surface area contributed by atoms with Gasteiger partial charge in [0.2, 0.25) is 5.91 Å². The topological polar surface area (TPSA) is 189 Å². The minimum Gasteiger partial charge on any atom is -0.394 e. The van der Waals surface area contributed by atoms with E-state index in [4.69, 9.17) is 9.47 Å². The smallest absolute Gasteiger partial charge is 0.249 e. The maximum atomic E-state index is 13.1. The average molecular weight is 798 g/mol. The summed E-state index contributed by atoms with van der Waals surface area (Å²) in [5.41, 5.74) is 0. The van der Waals surface area contributed by atoms with Crippen molar-refractivity contribution in [2.45, 2.75) is 229 Å². The first-order chi connectivity index (χ1) is 27.2. The third-order valence-electron chi connectivity index (χ3n) is 10.7. The van der Waals surface area contributed by atoms with Gasteiger partial charge < -0.3 is 50.5 Å². The first-order valence-corrected chi connectivity index (χ1v) is 22.4. The lowest BCUT2D eigenvalue weighted by molar-refractivity contribution is -0.303. The van der Waals surface area contributed by atoms with E-state index in [0.29, 0.717) is 19.3 Å². The summed E-state index contributed by atoms with van der Waals surface area (Å²) in [7, 11) is 0. The van der Waals surface area contributed by atoms with Gasteiger partial charge in [0.1, 0.15) is 36.6 Å². The maximum Gasteiger partial charge on any atom is 0.249 e. The van der Waals surface area contributed by atoms with Crippen LogP contribution in [0.2, 0.25) is 0 Å². The van der Waals surface area contributed by atoms with Crippen LogP contribution < -0.4 is 5.32 Å². The highest BCUT2D eigenvalue weighted by Crippen LogP contribution is 2.23. The molecule has 1 fully saturated rings. The van der Waals surface area contributed by atoms with E-state index >= 15 is 0 Å². The molecule has 0 aromatic heterocycles. The number of carbonyl (C=O) groups excluding carboxylic acids is 1. The van der Waals surface area contributed by atoms with E-state index in [9.17, 15) is 40.5 Å². The van der Waals surface area contributed by atoms with Gasteiger partial charge in [-0.3, -0.25) is 4.79 Å². The standard InChI is InChI=1S/C45H83NO10/c1-3-5-7-9-11-13-15-17-18-19-20-21-23-25-27-29-31-33-38(49)44(54)46-36(35-55-45-43(53)42(52)41(51)39(34-47)56-45)40(50)37(48)32-30-28-26-24-22-16-14-12-10-8-6-4-2/h4,6,12,14,24,26,36-43,45,47-53H,3,5,7-11,13,15-23,25,27-35H2,1-2H3,(H,46,54)/b6-4+,14-12+,26-24+. The fourth-order valence-corrected chi connectivity index (χ4v) is 7.01. The van der Waals surface area contributed by atoms with Gasteiger partial charge in [-0.1, -0.05) is 153 Å². The van der Waals surface area contributed by atoms with Crippen LogP contribution in [0.1, 0.15) is 174 Å². The number of hydrogen-bond donors (Lipinski definition) is 8. The third kappa shape index (κ3) is 25.0. The molecule has 1 amide bonds. The molecule has 11 heteroatoms. The van der Waals surface area contributed by atoms with Crippen LogP contribution in [0.5, 0.6) is 0 Å². The van der Waals surface area contributed by atoms with Crippen molar-refractivity contribution >= 4 is 5.91 Å². The highest BCUT2D eigenvalue weighted by atomic mass is 16.7. The number of aliphatic hydroxyl groups is 7. The number of rotatable bonds is 36. The van der Waals surface area contributed by atoms with Gasteiger partial charge in [-0.15, -0.1) is 0 Å². The summed E-state index contributed by atoms with van der Waals surface area (Å²) in [6.07, 6.45) is 27.8. The molecule has 1 rings (SSSR count). The van der Waals surface area contributed by atoms with Crippen LogP contribution in [0.25, 0.3) is 0 Å². The Labute approximate surface area is 339 Å². The highest BCUT2D eigenvalue weighted by Gasteiger charge is 2.44. The molecule has 328 valence electrons. The molecule has 9 atom stereocenters. The summed E-state index contributed by atoms with van der Waals surface area (Å²) >= 11 is 0. The Morgan fingerprint density at radius 1 is 0.643 bits per heavy atom. The van der Waals surface area contributed by atoms with Gasteiger partial charge in [-0.05, 0) is 58.3 Å². The van der Waals surface area contributed by atoms with Crippen LogP contribution in [-0.2, 0) is 14.3 Å². The molecule has 1 heterocycles. The molecular weight excluding hydrogens is 714 g/mol. The lowest BCUT2D eigenvalue weighted by Gasteiger charge is -2.40. The van der Waals surface area contributed by atoms with Crippen molar-refractivity contribution in [3.8, 4) is 0 Å². The van der Waals surface area contributed by atoms with Crippen molar-refractivity contribution < 1.29 is 50.0 Å². The fraction of sp³-hybridized carbons (Fsp3) is 0.844. The molecule has 9 unspecified atom stereocenters. The first-order valence-electron chi connectivity index (χ1n) is 22.4. The van der Waals surface area contributed by atoms with Gasteiger partial charge in [-0.25, -0.2) is 0 Å². The number of unbranched alkanes of at least 4 members (excludes halogenated alkanes) is 19. The van der Waals surface area contributed by atoms with Crippen LogP contribution in [0, 0.1) is 0 Å². The minimum absolute atomic E-state index is 0.241. The molecule has 0 spiro atoms. The number of hydrogen-bond acceptors (Lipinski definition) is 10. The molecule has 1 aliphatic heterocycles. The number of amides is 1. The average Bonchev–Trinajstić information content (AvgIpc) is 3.20. The molecule has 0 aromatic carbocycles. The van der Waals surface area contributed by atoms with E-state index in [-0.39, 0.29) is 12.8 Å². The number of carbonyl (C=O) groups is 1. The van der Waals surface area contributed by atoms with Crippen molar-refractivity contribution in [2.75, 3.05) is 13.2 Å². The second-order valence-electron chi connectivity index (χ2n) is 15.8. The molecule has 11 nitrogen and oxygen atoms in total. The van der Waals surface area contributed by atoms with Crippen LogP contribution in [0.4, 0.5) is 0 Å². The van der Waals surface area contributed by atoms with Gasteiger partial charge in [0.05, 0.1) is 25.4 Å². The van der Waals surface area contributed by atoms with E-state index in [1.165, 1.54) is 83.5 Å². The van der Waals surface area contributed by atoms with Gasteiger partial charge in [-0.2, -0.15) is 0 Å². The first kappa shape index (κ1) is 52.3. The zero-order chi connectivity index (χ0) is 41.2. The summed E-state index contributed by atoms with van der Waals surface area (Å²) in [6, 6.07) is -1.19. The summed E-state index contributed by atoms with van der Waals surface area (Å²) < 4.78 is 11.0. The van der Waals surface area contributed by atoms with E-state index in [1.807, 2.05) is 13.0 Å². The second-order valence-corrected chi connectivity index (χ2v) is 15.8. The van der Waals surface area contributed by atoms with Gasteiger partial charge in [0, 0.05) is 0 Å². The lowest BCUT2D eigenvalue weighted by Crippen LogP contribution is -2.60. The predicted octanol–water partition coefficient (Wildman–Crippen LogP) is 6.83. The van der Waals surface area contributed by atoms with E-state index in [0.717, 1.165) is 44.9 Å². The summed E-state index contributed by atoms with van der Waals surface area (Å²) in [5, 5.41) is 75.5. The van der Waals surface area contributed by atoms with Crippen LogP contribution >= 0.6 is 0 Å². The Morgan fingerprint density at radius 2 is 1.12 bits per heavy atom. The highest BCUT2D eigenvalue weighted by molar-refractivity contribution is 5.80. The Kier molecular flexibility index (Phi) is 33.0. The quantitative estimate of drug-likeness (QED) is 0.0247. The van der Waals surface area contributed by atoms with Crippen molar-refractivity contribution in [2.24, 2.45) is 0 Å². The van der Waals surface area contributed by atoms with Gasteiger partial charge in [0.15, 0.2) is 6.29 Å². The van der Waals surface area contributed by atoms with Crippen molar-refractivity contribution in [1.82, 2.24) is 5.32 Å². The predicted molar refractivity (Wildman–Crippen MR) is 224 cm³/mol. The molecule has 0 aliphatic carbocycles. The summed E-state index contributed by atoms with van der Waals surface area (Å²) in [6.45, 7) is 3.19. The Bertz CT molecular complexity index is 1010. The minimum atomic E-state index is -1.67. The SMILES string of the molecule is C/C=C/CC/C=C/CC/C=C/CCCC(O)C(O)C(COC1OC(CO)C(O)C(O)C1O)NC(=O)C(O)CCCCCCCCCCCCCCCCCCC. The number of aliphatic hydroxyl groups excluding tert-OH is 7. The molecule has 0 radical (unpaired) electrons. The van der Waals surface area contributed by atoms with Crippen LogP contribution in [0.15, 0.2) is 36.5 Å². The molecular formula is C45H83NO10. The molecule has 0 bridgehead atoms. The Morgan fingerprint density at radius 3 is 1.62 bits per heavy atom. The Balaban J connectivity index is 2.48. The van der Waals surface area contributed by atoms with Crippen LogP contribution in [0.3, 0.4) is 0 Å². The molecule has 0 saturated carbocycles. The van der Waals surface area contributed by atoms with E-state index in [2.05, 4.69) is 42.6 Å². The zero-order valence-electron chi connectivity index (χ0n) is 35.1. The van der Waals surface area contributed by atoms with Crippen LogP contribution in [-0.4, -0.2) is 110 Å². The zero-order valence-corrected chi connectivity index (χ0v) is 35.1. The number of nitrogens with one attached hydrogen (secondary N) is 1. The third-order valence-corrected chi connectivity index (χ3v) is 10.7. The number of ether oxygens (including phenoxy) is 2. The lowest BCUT2D eigenvalue weighted by atomic mass is 9.98. The second kappa shape index (κ2) is 35.3. The monoisotopic (exact) mass is 798 g/mol. The molecule has 1 saturated heterocycles. The molecule has 1 aliphatic rings. The van der Waals surface area contributed by atoms with Crippen molar-refractivity contribution in [3.05, 3.63) is 36.5 Å². The summed E-state index contributed by atoms with van der Waals surface area (Å²) in [4.78, 5) is 13.1. The van der Waals surface area contributed by atoms with E-state index < -0.39 is 74.2 Å². The normalized spacial score (nSPS) is 22.6. The summed E-state index contributed by atoms with van der Waals surface area (Å²) in [5.74, 6) is -0.714. The van der Waals surface area contributed by atoms with E-state index in [1.54, 1.807) is 0 Å². The van der Waals surface area contributed by atoms with Crippen molar-refractivity contribution in [1.29, 1.82) is 0 Å². The molecule has 56 heavy (non-hydrogen) atoms. The largest absolute Gasteiger partial charge is 0.394 e. The molecule has 0 aromatic rings.